The van der Waals surface area contributed by atoms with Crippen molar-refractivity contribution in [3.8, 4) is 5.75 Å². The van der Waals surface area contributed by atoms with Crippen molar-refractivity contribution in [1.29, 1.82) is 0 Å². The molecule has 3 rings (SSSR count). The zero-order valence-electron chi connectivity index (χ0n) is 16.9. The van der Waals surface area contributed by atoms with Crippen LogP contribution in [0.4, 0.5) is 5.69 Å². The van der Waals surface area contributed by atoms with Crippen LogP contribution < -0.4 is 14.8 Å². The van der Waals surface area contributed by atoms with Crippen LogP contribution in [-0.4, -0.2) is 20.9 Å². The van der Waals surface area contributed by atoms with Crippen LogP contribution in [-0.2, 0) is 21.4 Å². The predicted octanol–water partition coefficient (Wildman–Crippen LogP) is 3.80. The third kappa shape index (κ3) is 6.17. The summed E-state index contributed by atoms with van der Waals surface area (Å²) in [5, 5.41) is 2.70. The van der Waals surface area contributed by atoms with Crippen LogP contribution in [0.15, 0.2) is 77.7 Å². The molecule has 30 heavy (non-hydrogen) atoms. The third-order valence-electron chi connectivity index (χ3n) is 4.32. The Morgan fingerprint density at radius 1 is 0.900 bits per heavy atom. The molecule has 3 aromatic carbocycles. The molecule has 0 aliphatic carbocycles. The summed E-state index contributed by atoms with van der Waals surface area (Å²) in [6.45, 7) is 3.99. The molecule has 0 bridgehead atoms. The van der Waals surface area contributed by atoms with Gasteiger partial charge in [-0.3, -0.25) is 4.79 Å². The Hall–Kier alpha value is -3.16. The maximum atomic E-state index is 12.4. The molecule has 0 fully saturated rings. The van der Waals surface area contributed by atoms with Crippen LogP contribution in [0.1, 0.15) is 16.7 Å². The Bertz CT molecular complexity index is 1090. The number of hydrogen-bond donors (Lipinski definition) is 2. The maximum Gasteiger partial charge on any atom is 0.262 e. The molecule has 0 saturated heterocycles. The molecular weight excluding hydrogens is 400 g/mol. The normalized spacial score (nSPS) is 11.1. The van der Waals surface area contributed by atoms with E-state index in [2.05, 4.69) is 10.0 Å². The number of benzene rings is 3. The lowest BCUT2D eigenvalue weighted by atomic mass is 10.1. The first-order chi connectivity index (χ1) is 14.3. The van der Waals surface area contributed by atoms with Gasteiger partial charge in [0.1, 0.15) is 5.75 Å². The molecule has 0 radical (unpaired) electrons. The number of aryl methyl sites for hydroxylation is 2. The topological polar surface area (TPSA) is 84.5 Å². The number of carbonyl (C=O) groups excluding carboxylic acids is 1. The number of hydrogen-bond acceptors (Lipinski definition) is 4. The van der Waals surface area contributed by atoms with E-state index in [4.69, 9.17) is 4.74 Å². The minimum atomic E-state index is -3.65. The number of rotatable bonds is 8. The standard InChI is InChI=1S/C23H24N2O4S/c1-17-12-18(2)14-21(13-17)29-16-23(26)25-20-8-10-22(11-9-20)30(27,28)24-15-19-6-4-3-5-7-19/h3-14,24H,15-16H2,1-2H3,(H,25,26). The molecule has 0 aromatic heterocycles. The molecular formula is C23H24N2O4S. The van der Waals surface area contributed by atoms with E-state index in [-0.39, 0.29) is 24.0 Å². The highest BCUT2D eigenvalue weighted by atomic mass is 32.2. The summed E-state index contributed by atoms with van der Waals surface area (Å²) in [5.41, 5.74) is 3.48. The minimum absolute atomic E-state index is 0.128. The fourth-order valence-electron chi connectivity index (χ4n) is 2.94. The lowest BCUT2D eigenvalue weighted by Gasteiger charge is -2.10. The number of nitrogens with one attached hydrogen (secondary N) is 2. The van der Waals surface area contributed by atoms with E-state index in [1.807, 2.05) is 62.4 Å². The second kappa shape index (κ2) is 9.56. The van der Waals surface area contributed by atoms with E-state index in [1.54, 1.807) is 12.1 Å². The molecule has 3 aromatic rings. The molecule has 7 heteroatoms. The summed E-state index contributed by atoms with van der Waals surface area (Å²) in [6, 6.07) is 21.0. The van der Waals surface area contributed by atoms with Crippen LogP contribution in [0, 0.1) is 13.8 Å². The van der Waals surface area contributed by atoms with Gasteiger partial charge in [0.05, 0.1) is 4.90 Å². The van der Waals surface area contributed by atoms with Crippen molar-refractivity contribution >= 4 is 21.6 Å². The summed E-state index contributed by atoms with van der Waals surface area (Å²) in [5.74, 6) is 0.306. The average molecular weight is 425 g/mol. The first-order valence-electron chi connectivity index (χ1n) is 9.46. The second-order valence-corrected chi connectivity index (χ2v) is 8.76. The number of amides is 1. The van der Waals surface area contributed by atoms with Crippen molar-refractivity contribution in [3.63, 3.8) is 0 Å². The second-order valence-electron chi connectivity index (χ2n) is 6.99. The summed E-state index contributed by atoms with van der Waals surface area (Å²) >= 11 is 0. The molecule has 0 aliphatic heterocycles. The van der Waals surface area contributed by atoms with Crippen molar-refractivity contribution in [2.45, 2.75) is 25.3 Å². The molecule has 0 spiro atoms. The molecule has 0 unspecified atom stereocenters. The van der Waals surface area contributed by atoms with Gasteiger partial charge >= 0.3 is 0 Å². The number of sulfonamides is 1. The highest BCUT2D eigenvalue weighted by Gasteiger charge is 2.14. The maximum absolute atomic E-state index is 12.4. The van der Waals surface area contributed by atoms with Gasteiger partial charge in [0.15, 0.2) is 6.61 Å². The Morgan fingerprint density at radius 3 is 2.17 bits per heavy atom. The first kappa shape index (κ1) is 21.5. The SMILES string of the molecule is Cc1cc(C)cc(OCC(=O)Nc2ccc(S(=O)(=O)NCc3ccccc3)cc2)c1. The monoisotopic (exact) mass is 424 g/mol. The lowest BCUT2D eigenvalue weighted by Crippen LogP contribution is -2.23. The summed E-state index contributed by atoms with van der Waals surface area (Å²) in [7, 11) is -3.65. The van der Waals surface area contributed by atoms with E-state index >= 15 is 0 Å². The van der Waals surface area contributed by atoms with Gasteiger partial charge in [0.2, 0.25) is 10.0 Å². The highest BCUT2D eigenvalue weighted by Crippen LogP contribution is 2.17. The average Bonchev–Trinajstić information content (AvgIpc) is 2.71. The fraction of sp³-hybridized carbons (Fsp3) is 0.174. The van der Waals surface area contributed by atoms with Crippen molar-refractivity contribution in [2.75, 3.05) is 11.9 Å². The van der Waals surface area contributed by atoms with Crippen molar-refractivity contribution < 1.29 is 17.9 Å². The van der Waals surface area contributed by atoms with Crippen molar-refractivity contribution in [2.24, 2.45) is 0 Å². The van der Waals surface area contributed by atoms with E-state index in [9.17, 15) is 13.2 Å². The third-order valence-corrected chi connectivity index (χ3v) is 5.74. The Morgan fingerprint density at radius 2 is 1.53 bits per heavy atom. The molecule has 6 nitrogen and oxygen atoms in total. The zero-order chi connectivity index (χ0) is 21.6. The number of ether oxygens (including phenoxy) is 1. The van der Waals surface area contributed by atoms with E-state index in [1.165, 1.54) is 12.1 Å². The molecule has 0 heterocycles. The van der Waals surface area contributed by atoms with Crippen molar-refractivity contribution in [1.82, 2.24) is 4.72 Å². The van der Waals surface area contributed by atoms with Gasteiger partial charge in [0, 0.05) is 12.2 Å². The van der Waals surface area contributed by atoms with Crippen LogP contribution >= 0.6 is 0 Å². The molecule has 0 atom stereocenters. The zero-order valence-corrected chi connectivity index (χ0v) is 17.7. The molecule has 0 saturated carbocycles. The molecule has 2 N–H and O–H groups in total. The fourth-order valence-corrected chi connectivity index (χ4v) is 3.95. The van der Waals surface area contributed by atoms with Crippen molar-refractivity contribution in [3.05, 3.63) is 89.5 Å². The summed E-state index contributed by atoms with van der Waals surface area (Å²) in [6.07, 6.45) is 0. The van der Waals surface area contributed by atoms with Crippen LogP contribution in [0.5, 0.6) is 5.75 Å². The molecule has 156 valence electrons. The summed E-state index contributed by atoms with van der Waals surface area (Å²) < 4.78 is 33.0. The summed E-state index contributed by atoms with van der Waals surface area (Å²) in [4.78, 5) is 12.3. The van der Waals surface area contributed by atoms with E-state index in [0.717, 1.165) is 16.7 Å². The molecule has 1 amide bonds. The number of carbonyl (C=O) groups is 1. The number of anilines is 1. The quantitative estimate of drug-likeness (QED) is 0.576. The van der Waals surface area contributed by atoms with Gasteiger partial charge in [-0.05, 0) is 66.9 Å². The Labute approximate surface area is 177 Å². The largest absolute Gasteiger partial charge is 0.484 e. The van der Waals surface area contributed by atoms with Crippen LogP contribution in [0.25, 0.3) is 0 Å². The molecule has 0 aliphatic rings. The van der Waals surface area contributed by atoms with Gasteiger partial charge in [0.25, 0.3) is 5.91 Å². The van der Waals surface area contributed by atoms with Gasteiger partial charge < -0.3 is 10.1 Å². The van der Waals surface area contributed by atoms with Gasteiger partial charge in [-0.15, -0.1) is 0 Å². The highest BCUT2D eigenvalue weighted by molar-refractivity contribution is 7.89. The Kier molecular flexibility index (Phi) is 6.87. The van der Waals surface area contributed by atoms with Gasteiger partial charge in [-0.25, -0.2) is 13.1 Å². The van der Waals surface area contributed by atoms with E-state index < -0.39 is 10.0 Å². The van der Waals surface area contributed by atoms with Crippen LogP contribution in [0.3, 0.4) is 0 Å². The first-order valence-corrected chi connectivity index (χ1v) is 10.9. The van der Waals surface area contributed by atoms with E-state index in [0.29, 0.717) is 11.4 Å². The predicted molar refractivity (Wildman–Crippen MR) is 117 cm³/mol. The van der Waals surface area contributed by atoms with Gasteiger partial charge in [-0.2, -0.15) is 0 Å². The minimum Gasteiger partial charge on any atom is -0.484 e. The smallest absolute Gasteiger partial charge is 0.262 e. The van der Waals surface area contributed by atoms with Crippen LogP contribution in [0.2, 0.25) is 0 Å². The van der Waals surface area contributed by atoms with Gasteiger partial charge in [-0.1, -0.05) is 36.4 Å². The lowest BCUT2D eigenvalue weighted by molar-refractivity contribution is -0.118. The Balaban J connectivity index is 1.54.